The van der Waals surface area contributed by atoms with Crippen LogP contribution in [0.1, 0.15) is 40.7 Å². The molecule has 1 aromatic heterocycles. The van der Waals surface area contributed by atoms with E-state index in [4.69, 9.17) is 9.78 Å². The third kappa shape index (κ3) is 2.65. The number of nitrogens with zero attached hydrogens (tertiary/aromatic N) is 2. The average molecular weight is 281 g/mol. The second-order valence-electron chi connectivity index (χ2n) is 5.43. The Labute approximate surface area is 122 Å². The zero-order valence-corrected chi connectivity index (χ0v) is 11.7. The van der Waals surface area contributed by atoms with Gasteiger partial charge in [0.05, 0.1) is 11.6 Å². The van der Waals surface area contributed by atoms with Gasteiger partial charge in [-0.15, -0.1) is 0 Å². The van der Waals surface area contributed by atoms with Crippen LogP contribution in [0.5, 0.6) is 0 Å². The van der Waals surface area contributed by atoms with E-state index in [-0.39, 0.29) is 5.91 Å². The molecule has 5 nitrogen and oxygen atoms in total. The minimum atomic E-state index is -0.288. The van der Waals surface area contributed by atoms with Crippen molar-refractivity contribution in [1.29, 1.82) is 5.26 Å². The van der Waals surface area contributed by atoms with Crippen molar-refractivity contribution in [2.24, 2.45) is 5.92 Å². The summed E-state index contributed by atoms with van der Waals surface area (Å²) in [6.07, 6.45) is 2.72. The number of aryl methyl sites for hydroxylation is 1. The number of benzene rings is 1. The Morgan fingerprint density at radius 3 is 3.19 bits per heavy atom. The molecule has 5 heteroatoms. The summed E-state index contributed by atoms with van der Waals surface area (Å²) < 4.78 is 5.28. The van der Waals surface area contributed by atoms with Crippen molar-refractivity contribution in [3.05, 3.63) is 46.8 Å². The number of hydrogen-bond donors (Lipinski definition) is 1. The minimum absolute atomic E-state index is 0.288. The van der Waals surface area contributed by atoms with E-state index in [0.717, 1.165) is 30.6 Å². The lowest BCUT2D eigenvalue weighted by atomic mass is 9.88. The lowest BCUT2D eigenvalue weighted by Crippen LogP contribution is -2.17. The van der Waals surface area contributed by atoms with E-state index in [1.54, 1.807) is 24.3 Å². The number of nitriles is 1. The molecule has 0 aliphatic heterocycles. The van der Waals surface area contributed by atoms with Crippen LogP contribution in [-0.2, 0) is 12.8 Å². The minimum Gasteiger partial charge on any atom is -0.360 e. The van der Waals surface area contributed by atoms with Gasteiger partial charge in [-0.1, -0.05) is 18.1 Å². The zero-order chi connectivity index (χ0) is 14.8. The molecule has 1 heterocycles. The maximum Gasteiger partial charge on any atom is 0.278 e. The Morgan fingerprint density at radius 2 is 2.38 bits per heavy atom. The highest BCUT2D eigenvalue weighted by Gasteiger charge is 2.26. The van der Waals surface area contributed by atoms with Crippen molar-refractivity contribution in [1.82, 2.24) is 5.16 Å². The summed E-state index contributed by atoms with van der Waals surface area (Å²) in [4.78, 5) is 12.3. The molecule has 0 spiro atoms. The molecule has 1 aromatic carbocycles. The SMILES string of the molecule is C[C@@H]1CCc2onc(C(=O)Nc3cccc(C#N)c3)c2C1. The Kier molecular flexibility index (Phi) is 3.44. The summed E-state index contributed by atoms with van der Waals surface area (Å²) >= 11 is 0. The number of fused-ring (bicyclic) bond motifs is 1. The first-order valence-corrected chi connectivity index (χ1v) is 6.96. The van der Waals surface area contributed by atoms with E-state index >= 15 is 0 Å². The fraction of sp³-hybridized carbons (Fsp3) is 0.312. The van der Waals surface area contributed by atoms with Crippen LogP contribution >= 0.6 is 0 Å². The number of anilines is 1. The molecule has 0 saturated carbocycles. The van der Waals surface area contributed by atoms with E-state index in [0.29, 0.717) is 22.9 Å². The lowest BCUT2D eigenvalue weighted by Gasteiger charge is -2.16. The molecule has 21 heavy (non-hydrogen) atoms. The molecule has 0 unspecified atom stereocenters. The van der Waals surface area contributed by atoms with Crippen LogP contribution in [0.2, 0.25) is 0 Å². The van der Waals surface area contributed by atoms with Crippen molar-refractivity contribution in [3.63, 3.8) is 0 Å². The van der Waals surface area contributed by atoms with Crippen molar-refractivity contribution in [2.75, 3.05) is 5.32 Å². The number of aromatic nitrogens is 1. The molecule has 106 valence electrons. The van der Waals surface area contributed by atoms with Crippen LogP contribution in [0.4, 0.5) is 5.69 Å². The molecule has 0 radical (unpaired) electrons. The van der Waals surface area contributed by atoms with E-state index in [1.807, 2.05) is 6.07 Å². The smallest absolute Gasteiger partial charge is 0.278 e. The number of amides is 1. The number of carbonyl (C=O) groups excluding carboxylic acids is 1. The number of carbonyl (C=O) groups is 1. The number of hydrogen-bond acceptors (Lipinski definition) is 4. The molecule has 0 saturated heterocycles. The van der Waals surface area contributed by atoms with Crippen molar-refractivity contribution in [2.45, 2.75) is 26.2 Å². The molecule has 1 amide bonds. The largest absolute Gasteiger partial charge is 0.360 e. The summed E-state index contributed by atoms with van der Waals surface area (Å²) in [6, 6.07) is 8.84. The summed E-state index contributed by atoms with van der Waals surface area (Å²) in [6.45, 7) is 2.16. The molecule has 1 atom stereocenters. The van der Waals surface area contributed by atoms with E-state index in [2.05, 4.69) is 17.4 Å². The highest BCUT2D eigenvalue weighted by Crippen LogP contribution is 2.28. The Bertz CT molecular complexity index is 727. The number of nitrogens with one attached hydrogen (secondary N) is 1. The van der Waals surface area contributed by atoms with Crippen LogP contribution in [0.3, 0.4) is 0 Å². The van der Waals surface area contributed by atoms with Gasteiger partial charge in [-0.05, 0) is 37.0 Å². The molecule has 2 aromatic rings. The maximum absolute atomic E-state index is 12.3. The van der Waals surface area contributed by atoms with Gasteiger partial charge in [0, 0.05) is 17.7 Å². The van der Waals surface area contributed by atoms with Gasteiger partial charge in [-0.2, -0.15) is 5.26 Å². The first-order valence-electron chi connectivity index (χ1n) is 6.96. The van der Waals surface area contributed by atoms with E-state index in [9.17, 15) is 4.79 Å². The monoisotopic (exact) mass is 281 g/mol. The molecule has 1 N–H and O–H groups in total. The maximum atomic E-state index is 12.3. The Hall–Kier alpha value is -2.61. The van der Waals surface area contributed by atoms with Crippen LogP contribution in [0, 0.1) is 17.2 Å². The topological polar surface area (TPSA) is 78.9 Å². The van der Waals surface area contributed by atoms with Gasteiger partial charge in [0.15, 0.2) is 5.69 Å². The first kappa shape index (κ1) is 13.4. The predicted molar refractivity (Wildman–Crippen MR) is 76.8 cm³/mol. The molecular formula is C16H15N3O2. The summed E-state index contributed by atoms with van der Waals surface area (Å²) in [5.41, 5.74) is 2.37. The molecule has 0 bridgehead atoms. The lowest BCUT2D eigenvalue weighted by molar-refractivity contribution is 0.101. The second kappa shape index (κ2) is 5.41. The van der Waals surface area contributed by atoms with Gasteiger partial charge in [0.2, 0.25) is 0 Å². The summed E-state index contributed by atoms with van der Waals surface area (Å²) in [5, 5.41) is 15.6. The van der Waals surface area contributed by atoms with Crippen LogP contribution in [0.15, 0.2) is 28.8 Å². The van der Waals surface area contributed by atoms with Gasteiger partial charge in [-0.3, -0.25) is 4.79 Å². The Balaban J connectivity index is 1.83. The molecular weight excluding hydrogens is 266 g/mol. The van der Waals surface area contributed by atoms with Gasteiger partial charge < -0.3 is 9.84 Å². The Morgan fingerprint density at radius 1 is 1.52 bits per heavy atom. The third-order valence-electron chi connectivity index (χ3n) is 3.75. The molecule has 0 fully saturated rings. The molecule has 1 aliphatic rings. The predicted octanol–water partition coefficient (Wildman–Crippen LogP) is 2.92. The first-order chi connectivity index (χ1) is 10.2. The standard InChI is InChI=1S/C16H15N3O2/c1-10-5-6-14-13(7-10)15(19-21-14)16(20)18-12-4-2-3-11(8-12)9-17/h2-4,8,10H,5-7H2,1H3,(H,18,20)/t10-/m1/s1. The third-order valence-corrected chi connectivity index (χ3v) is 3.75. The molecule has 3 rings (SSSR count). The van der Waals surface area contributed by atoms with Crippen LogP contribution < -0.4 is 5.32 Å². The molecule has 1 aliphatic carbocycles. The van der Waals surface area contributed by atoms with Gasteiger partial charge in [-0.25, -0.2) is 0 Å². The zero-order valence-electron chi connectivity index (χ0n) is 11.7. The van der Waals surface area contributed by atoms with Gasteiger partial charge >= 0.3 is 0 Å². The van der Waals surface area contributed by atoms with Crippen molar-refractivity contribution >= 4 is 11.6 Å². The van der Waals surface area contributed by atoms with Crippen LogP contribution in [-0.4, -0.2) is 11.1 Å². The van der Waals surface area contributed by atoms with Crippen molar-refractivity contribution < 1.29 is 9.32 Å². The van der Waals surface area contributed by atoms with Crippen molar-refractivity contribution in [3.8, 4) is 6.07 Å². The van der Waals surface area contributed by atoms with Crippen LogP contribution in [0.25, 0.3) is 0 Å². The van der Waals surface area contributed by atoms with Gasteiger partial charge in [0.1, 0.15) is 5.76 Å². The quantitative estimate of drug-likeness (QED) is 0.917. The average Bonchev–Trinajstić information content (AvgIpc) is 2.90. The highest BCUT2D eigenvalue weighted by molar-refractivity contribution is 6.04. The fourth-order valence-corrected chi connectivity index (χ4v) is 2.61. The van der Waals surface area contributed by atoms with E-state index in [1.165, 1.54) is 0 Å². The highest BCUT2D eigenvalue weighted by atomic mass is 16.5. The summed E-state index contributed by atoms with van der Waals surface area (Å²) in [7, 11) is 0. The number of rotatable bonds is 2. The van der Waals surface area contributed by atoms with E-state index < -0.39 is 0 Å². The second-order valence-corrected chi connectivity index (χ2v) is 5.43. The fourth-order valence-electron chi connectivity index (χ4n) is 2.61. The normalized spacial score (nSPS) is 16.9. The van der Waals surface area contributed by atoms with Gasteiger partial charge in [0.25, 0.3) is 5.91 Å². The summed E-state index contributed by atoms with van der Waals surface area (Å²) in [5.74, 6) is 1.07.